The Hall–Kier alpha value is -1.09. The highest BCUT2D eigenvalue weighted by Gasteiger charge is 1.98. The number of hydrogen-bond acceptors (Lipinski definition) is 3. The molecule has 0 saturated carbocycles. The van der Waals surface area contributed by atoms with Gasteiger partial charge in [0.05, 0.1) is 5.02 Å². The zero-order chi connectivity index (χ0) is 7.56. The average Bonchev–Trinajstić information content (AvgIpc) is 1.94. The van der Waals surface area contributed by atoms with Gasteiger partial charge in [-0.2, -0.15) is 0 Å². The summed E-state index contributed by atoms with van der Waals surface area (Å²) in [6, 6.07) is 4.57. The standard InChI is InChI=1S/C6H5ClN2O/c7-5-2-1-4(8)3-6(5)9-10/h1-3H,8H2. The molecule has 0 saturated heterocycles. The van der Waals surface area contributed by atoms with Crippen molar-refractivity contribution in [3.05, 3.63) is 28.1 Å². The second-order valence-electron chi connectivity index (χ2n) is 1.80. The van der Waals surface area contributed by atoms with E-state index < -0.39 is 0 Å². The molecule has 2 N–H and O–H groups in total. The summed E-state index contributed by atoms with van der Waals surface area (Å²) in [7, 11) is 0. The summed E-state index contributed by atoms with van der Waals surface area (Å²) in [6.45, 7) is 0. The number of halogens is 1. The van der Waals surface area contributed by atoms with Gasteiger partial charge >= 0.3 is 0 Å². The van der Waals surface area contributed by atoms with Crippen LogP contribution < -0.4 is 5.73 Å². The lowest BCUT2D eigenvalue weighted by molar-refractivity contribution is 1.50. The number of nitrogens with two attached hydrogens (primary N) is 1. The monoisotopic (exact) mass is 156 g/mol. The van der Waals surface area contributed by atoms with Gasteiger partial charge in [-0.3, -0.25) is 0 Å². The quantitative estimate of drug-likeness (QED) is 0.501. The molecule has 10 heavy (non-hydrogen) atoms. The van der Waals surface area contributed by atoms with Crippen LogP contribution in [0.5, 0.6) is 0 Å². The molecule has 0 amide bonds. The van der Waals surface area contributed by atoms with Crippen molar-refractivity contribution in [1.29, 1.82) is 0 Å². The predicted octanol–water partition coefficient (Wildman–Crippen LogP) is 2.32. The smallest absolute Gasteiger partial charge is 0.128 e. The van der Waals surface area contributed by atoms with Gasteiger partial charge in [-0.05, 0) is 23.4 Å². The molecule has 0 spiro atoms. The number of nitroso groups, excluding NO2 is 1. The van der Waals surface area contributed by atoms with Crippen LogP contribution in [0.2, 0.25) is 5.02 Å². The number of hydrogen-bond donors (Lipinski definition) is 1. The fourth-order valence-electron chi connectivity index (χ4n) is 0.600. The van der Waals surface area contributed by atoms with E-state index in [0.29, 0.717) is 10.7 Å². The van der Waals surface area contributed by atoms with Gasteiger partial charge in [-0.25, -0.2) is 0 Å². The van der Waals surface area contributed by atoms with Gasteiger partial charge in [0, 0.05) is 5.69 Å². The van der Waals surface area contributed by atoms with Crippen LogP contribution in [0.4, 0.5) is 11.4 Å². The van der Waals surface area contributed by atoms with Gasteiger partial charge in [-0.1, -0.05) is 11.6 Å². The van der Waals surface area contributed by atoms with Crippen molar-refractivity contribution in [2.75, 3.05) is 5.73 Å². The van der Waals surface area contributed by atoms with E-state index in [0.717, 1.165) is 0 Å². The topological polar surface area (TPSA) is 55.4 Å². The molecule has 0 atom stereocenters. The van der Waals surface area contributed by atoms with Crippen LogP contribution in [0.25, 0.3) is 0 Å². The molecule has 0 radical (unpaired) electrons. The highest BCUT2D eigenvalue weighted by Crippen LogP contribution is 2.26. The minimum atomic E-state index is 0.182. The van der Waals surface area contributed by atoms with Gasteiger partial charge < -0.3 is 5.73 Å². The van der Waals surface area contributed by atoms with Crippen LogP contribution in [0.1, 0.15) is 0 Å². The fraction of sp³-hybridized carbons (Fsp3) is 0. The molecule has 52 valence electrons. The summed E-state index contributed by atoms with van der Waals surface area (Å²) < 4.78 is 0. The molecule has 0 aliphatic heterocycles. The van der Waals surface area contributed by atoms with Crippen molar-refractivity contribution < 1.29 is 0 Å². The first kappa shape index (κ1) is 7.02. The molecule has 0 fully saturated rings. The van der Waals surface area contributed by atoms with Crippen molar-refractivity contribution in [2.45, 2.75) is 0 Å². The lowest BCUT2D eigenvalue weighted by atomic mass is 10.3. The van der Waals surface area contributed by atoms with Crippen LogP contribution in [0.15, 0.2) is 23.4 Å². The van der Waals surface area contributed by atoms with E-state index in [1.165, 1.54) is 12.1 Å². The maximum atomic E-state index is 9.99. The first-order valence-corrected chi connectivity index (χ1v) is 3.00. The summed E-state index contributed by atoms with van der Waals surface area (Å²) >= 11 is 5.55. The third-order valence-corrected chi connectivity index (χ3v) is 1.39. The second-order valence-corrected chi connectivity index (χ2v) is 2.21. The van der Waals surface area contributed by atoms with Crippen molar-refractivity contribution in [2.24, 2.45) is 5.18 Å². The first-order valence-electron chi connectivity index (χ1n) is 2.62. The number of rotatable bonds is 1. The largest absolute Gasteiger partial charge is 0.399 e. The zero-order valence-corrected chi connectivity index (χ0v) is 5.80. The maximum Gasteiger partial charge on any atom is 0.128 e. The van der Waals surface area contributed by atoms with Crippen LogP contribution in [0.3, 0.4) is 0 Å². The minimum absolute atomic E-state index is 0.182. The highest BCUT2D eigenvalue weighted by molar-refractivity contribution is 6.33. The van der Waals surface area contributed by atoms with Gasteiger partial charge in [0.1, 0.15) is 5.69 Å². The van der Waals surface area contributed by atoms with E-state index in [9.17, 15) is 4.91 Å². The number of nitrogens with zero attached hydrogens (tertiary/aromatic N) is 1. The molecular formula is C6H5ClN2O. The predicted molar refractivity (Wildman–Crippen MR) is 41.3 cm³/mol. The Bertz CT molecular complexity index is 262. The van der Waals surface area contributed by atoms with E-state index in [4.69, 9.17) is 17.3 Å². The van der Waals surface area contributed by atoms with E-state index in [2.05, 4.69) is 5.18 Å². The molecule has 0 bridgehead atoms. The van der Waals surface area contributed by atoms with Gasteiger partial charge in [0.15, 0.2) is 0 Å². The summed E-state index contributed by atoms with van der Waals surface area (Å²) in [5, 5.41) is 2.99. The Balaban J connectivity index is 3.21. The minimum Gasteiger partial charge on any atom is -0.399 e. The van der Waals surface area contributed by atoms with Crippen molar-refractivity contribution >= 4 is 23.0 Å². The summed E-state index contributed by atoms with van der Waals surface area (Å²) in [4.78, 5) is 9.99. The Kier molecular flexibility index (Phi) is 1.87. The summed E-state index contributed by atoms with van der Waals surface area (Å²) in [5.74, 6) is 0. The van der Waals surface area contributed by atoms with Crippen LogP contribution in [0, 0.1) is 4.91 Å². The van der Waals surface area contributed by atoms with Crippen LogP contribution in [-0.2, 0) is 0 Å². The van der Waals surface area contributed by atoms with Crippen molar-refractivity contribution in [1.82, 2.24) is 0 Å². The van der Waals surface area contributed by atoms with Gasteiger partial charge in [0.25, 0.3) is 0 Å². The third-order valence-electron chi connectivity index (χ3n) is 1.07. The van der Waals surface area contributed by atoms with Gasteiger partial charge in [-0.15, -0.1) is 4.91 Å². The summed E-state index contributed by atoms with van der Waals surface area (Å²) in [6.07, 6.45) is 0. The van der Waals surface area contributed by atoms with E-state index >= 15 is 0 Å². The zero-order valence-electron chi connectivity index (χ0n) is 5.04. The maximum absolute atomic E-state index is 9.99. The second kappa shape index (κ2) is 2.66. The Morgan fingerprint density at radius 2 is 2.20 bits per heavy atom. The molecular weight excluding hydrogens is 152 g/mol. The molecule has 0 heterocycles. The SMILES string of the molecule is Nc1ccc(Cl)c(N=O)c1. The highest BCUT2D eigenvalue weighted by atomic mass is 35.5. The fourth-order valence-corrected chi connectivity index (χ4v) is 0.752. The Labute approximate surface area is 62.8 Å². The van der Waals surface area contributed by atoms with E-state index in [-0.39, 0.29) is 5.69 Å². The molecule has 0 aliphatic carbocycles. The molecule has 1 aromatic rings. The number of benzene rings is 1. The molecule has 4 heteroatoms. The molecule has 0 aliphatic rings. The van der Waals surface area contributed by atoms with Gasteiger partial charge in [0.2, 0.25) is 0 Å². The molecule has 1 aromatic carbocycles. The lowest BCUT2D eigenvalue weighted by Gasteiger charge is -1.94. The van der Waals surface area contributed by atoms with E-state index in [1.807, 2.05) is 0 Å². The summed E-state index contributed by atoms with van der Waals surface area (Å²) in [5.41, 5.74) is 6.01. The lowest BCUT2D eigenvalue weighted by Crippen LogP contribution is -1.81. The first-order chi connectivity index (χ1) is 4.74. The molecule has 1 rings (SSSR count). The molecule has 3 nitrogen and oxygen atoms in total. The van der Waals surface area contributed by atoms with Crippen molar-refractivity contribution in [3.8, 4) is 0 Å². The van der Waals surface area contributed by atoms with Crippen molar-refractivity contribution in [3.63, 3.8) is 0 Å². The average molecular weight is 157 g/mol. The molecule has 0 aromatic heterocycles. The normalized spacial score (nSPS) is 9.30. The Morgan fingerprint density at radius 1 is 1.50 bits per heavy atom. The van der Waals surface area contributed by atoms with Crippen LogP contribution in [-0.4, -0.2) is 0 Å². The number of nitrogen functional groups attached to an aromatic ring is 1. The number of anilines is 1. The molecule has 0 unspecified atom stereocenters. The van der Waals surface area contributed by atoms with E-state index in [1.54, 1.807) is 6.07 Å². The third kappa shape index (κ3) is 1.25. The Morgan fingerprint density at radius 3 is 2.70 bits per heavy atom. The van der Waals surface area contributed by atoms with Crippen LogP contribution >= 0.6 is 11.6 Å².